The van der Waals surface area contributed by atoms with Gasteiger partial charge in [-0.15, -0.1) is 0 Å². The molecular weight excluding hydrogens is 418 g/mol. The molecule has 7 nitrogen and oxygen atoms in total. The first-order valence-electron chi connectivity index (χ1n) is 12.3. The van der Waals surface area contributed by atoms with E-state index in [9.17, 15) is 14.4 Å². The van der Waals surface area contributed by atoms with E-state index in [1.807, 2.05) is 19.1 Å². The molecule has 1 aromatic heterocycles. The number of rotatable bonds is 6. The molecule has 2 saturated carbocycles. The molecule has 1 N–H and O–H groups in total. The Hall–Kier alpha value is -2.83. The molecule has 3 amide bonds. The zero-order chi connectivity index (χ0) is 23.4. The van der Waals surface area contributed by atoms with Crippen molar-refractivity contribution in [3.63, 3.8) is 0 Å². The fraction of sp³-hybridized carbons (Fsp3) is 0.577. The van der Waals surface area contributed by atoms with Gasteiger partial charge in [-0.3, -0.25) is 19.1 Å². The molecule has 0 atom stereocenters. The predicted molar refractivity (Wildman–Crippen MR) is 128 cm³/mol. The van der Waals surface area contributed by atoms with E-state index in [0.717, 1.165) is 86.4 Å². The van der Waals surface area contributed by atoms with Gasteiger partial charge in [0.15, 0.2) is 0 Å². The summed E-state index contributed by atoms with van der Waals surface area (Å²) in [5.74, 6) is 0.463. The minimum absolute atomic E-state index is 0.0656. The number of methoxy groups -OCH3 is 1. The Kier molecular flexibility index (Phi) is 7.36. The van der Waals surface area contributed by atoms with Crippen LogP contribution in [-0.2, 0) is 16.0 Å². The molecule has 178 valence electrons. The second-order valence-corrected chi connectivity index (χ2v) is 9.44. The molecule has 7 heteroatoms. The van der Waals surface area contributed by atoms with Gasteiger partial charge in [0.05, 0.1) is 19.0 Å². The number of hydrogen-bond acceptors (Lipinski definition) is 4. The molecule has 1 heterocycles. The van der Waals surface area contributed by atoms with Crippen molar-refractivity contribution in [2.75, 3.05) is 7.11 Å². The topological polar surface area (TPSA) is 80.6 Å². The van der Waals surface area contributed by atoms with E-state index >= 15 is 0 Å². The number of carbonyl (C=O) groups excluding carboxylic acids is 3. The number of amides is 3. The van der Waals surface area contributed by atoms with E-state index in [1.165, 1.54) is 11.3 Å². The van der Waals surface area contributed by atoms with Crippen molar-refractivity contribution in [2.45, 2.75) is 89.6 Å². The van der Waals surface area contributed by atoms with Gasteiger partial charge in [0.1, 0.15) is 5.75 Å². The number of nitrogens with zero attached hydrogens (tertiary/aromatic N) is 2. The van der Waals surface area contributed by atoms with E-state index in [2.05, 4.69) is 5.32 Å². The summed E-state index contributed by atoms with van der Waals surface area (Å²) in [5, 5.41) is 3.96. The molecule has 33 heavy (non-hydrogen) atoms. The molecule has 0 spiro atoms. The zero-order valence-corrected chi connectivity index (χ0v) is 19.8. The van der Waals surface area contributed by atoms with Crippen LogP contribution in [0.25, 0.3) is 10.9 Å². The highest BCUT2D eigenvalue weighted by Crippen LogP contribution is 2.31. The average Bonchev–Trinajstić information content (AvgIpc) is 3.10. The first kappa shape index (κ1) is 23.3. The molecular formula is C26H35N3O4. The smallest absolute Gasteiger partial charge is 0.324 e. The lowest BCUT2D eigenvalue weighted by atomic mass is 9.93. The summed E-state index contributed by atoms with van der Waals surface area (Å²) in [6.07, 6.45) is 11.2. The Labute approximate surface area is 195 Å². The fourth-order valence-corrected chi connectivity index (χ4v) is 5.52. The summed E-state index contributed by atoms with van der Waals surface area (Å²) < 4.78 is 6.93. The van der Waals surface area contributed by atoms with Gasteiger partial charge in [-0.05, 0) is 56.4 Å². The minimum atomic E-state index is -0.256. The fourth-order valence-electron chi connectivity index (χ4n) is 5.52. The van der Waals surface area contributed by atoms with Crippen LogP contribution in [0, 0.1) is 6.92 Å². The van der Waals surface area contributed by atoms with Crippen LogP contribution >= 0.6 is 0 Å². The lowest BCUT2D eigenvalue weighted by molar-refractivity contribution is -0.129. The second kappa shape index (κ2) is 10.4. The number of hydrogen-bond donors (Lipinski definition) is 1. The number of urea groups is 1. The maximum Gasteiger partial charge on any atom is 0.324 e. The van der Waals surface area contributed by atoms with Gasteiger partial charge in [-0.2, -0.15) is 0 Å². The van der Waals surface area contributed by atoms with Crippen molar-refractivity contribution in [2.24, 2.45) is 0 Å². The van der Waals surface area contributed by atoms with Crippen LogP contribution in [0.3, 0.4) is 0 Å². The van der Waals surface area contributed by atoms with Gasteiger partial charge in [-0.25, -0.2) is 4.79 Å². The third-order valence-electron chi connectivity index (χ3n) is 7.38. The lowest BCUT2D eigenvalue weighted by Crippen LogP contribution is -2.53. The van der Waals surface area contributed by atoms with Gasteiger partial charge in [-0.1, -0.05) is 38.5 Å². The first-order chi connectivity index (χ1) is 16.0. The van der Waals surface area contributed by atoms with Crippen molar-refractivity contribution >= 4 is 29.3 Å². The molecule has 2 aliphatic rings. The number of ether oxygens (including phenoxy) is 1. The molecule has 4 rings (SSSR count). The molecule has 0 saturated heterocycles. The number of carbonyl (C=O) groups is 3. The molecule has 0 aliphatic heterocycles. The average molecular weight is 454 g/mol. The Morgan fingerprint density at radius 2 is 1.76 bits per heavy atom. The van der Waals surface area contributed by atoms with Crippen LogP contribution in [0.5, 0.6) is 5.75 Å². The van der Waals surface area contributed by atoms with Crippen LogP contribution in [0.15, 0.2) is 18.2 Å². The molecule has 2 fully saturated rings. The number of fused-ring (bicyclic) bond motifs is 1. The minimum Gasteiger partial charge on any atom is -0.497 e. The van der Waals surface area contributed by atoms with E-state index in [0.29, 0.717) is 5.75 Å². The van der Waals surface area contributed by atoms with E-state index in [4.69, 9.17) is 4.74 Å². The zero-order valence-electron chi connectivity index (χ0n) is 19.8. The highest BCUT2D eigenvalue weighted by molar-refractivity contribution is 5.99. The van der Waals surface area contributed by atoms with Gasteiger partial charge >= 0.3 is 6.03 Å². The molecule has 0 bridgehead atoms. The molecule has 1 aromatic carbocycles. The SMILES string of the molecule is COc1ccc2c(c1)c(CC(=O)N(C(=O)NC1CCCCC1)C1CCCCC1)c(C)n2C=O. The van der Waals surface area contributed by atoms with Crippen molar-refractivity contribution in [1.82, 2.24) is 14.8 Å². The monoisotopic (exact) mass is 453 g/mol. The summed E-state index contributed by atoms with van der Waals surface area (Å²) in [6, 6.07) is 5.32. The molecule has 2 aliphatic carbocycles. The Morgan fingerprint density at radius 1 is 1.09 bits per heavy atom. The van der Waals surface area contributed by atoms with Crippen LogP contribution in [0.4, 0.5) is 4.79 Å². The van der Waals surface area contributed by atoms with Crippen molar-refractivity contribution in [1.29, 1.82) is 0 Å². The normalized spacial score (nSPS) is 17.6. The van der Waals surface area contributed by atoms with Gasteiger partial charge < -0.3 is 10.1 Å². The summed E-state index contributed by atoms with van der Waals surface area (Å²) in [5.41, 5.74) is 2.23. The first-order valence-corrected chi connectivity index (χ1v) is 12.3. The Morgan fingerprint density at radius 3 is 2.39 bits per heavy atom. The van der Waals surface area contributed by atoms with E-state index < -0.39 is 0 Å². The van der Waals surface area contributed by atoms with Gasteiger partial charge in [0.2, 0.25) is 12.3 Å². The van der Waals surface area contributed by atoms with Crippen LogP contribution < -0.4 is 10.1 Å². The van der Waals surface area contributed by atoms with Crippen molar-refractivity contribution < 1.29 is 19.1 Å². The highest BCUT2D eigenvalue weighted by Gasteiger charge is 2.33. The quantitative estimate of drug-likeness (QED) is 0.641. The maximum absolute atomic E-state index is 13.7. The summed E-state index contributed by atoms with van der Waals surface area (Å²) in [6.45, 7) is 1.84. The van der Waals surface area contributed by atoms with Gasteiger partial charge in [0, 0.05) is 23.2 Å². The molecule has 0 unspecified atom stereocenters. The number of aromatic nitrogens is 1. The van der Waals surface area contributed by atoms with Crippen LogP contribution in [0.1, 0.15) is 75.5 Å². The lowest BCUT2D eigenvalue weighted by Gasteiger charge is -2.34. The number of imide groups is 1. The summed E-state index contributed by atoms with van der Waals surface area (Å²) in [4.78, 5) is 40.3. The molecule has 2 aromatic rings. The Balaban J connectivity index is 1.63. The van der Waals surface area contributed by atoms with Crippen LogP contribution in [-0.4, -0.2) is 47.0 Å². The standard InChI is InChI=1S/C26H35N3O4/c1-18-22(23-15-21(33-2)13-14-24(23)28(18)17-30)16-25(31)29(20-11-7-4-8-12-20)26(32)27-19-9-5-3-6-10-19/h13-15,17,19-20H,3-12,16H2,1-2H3,(H,27,32). The third-order valence-corrected chi connectivity index (χ3v) is 7.38. The molecule has 0 radical (unpaired) electrons. The summed E-state index contributed by atoms with van der Waals surface area (Å²) >= 11 is 0. The van der Waals surface area contributed by atoms with Crippen molar-refractivity contribution in [3.8, 4) is 5.75 Å². The van der Waals surface area contributed by atoms with Crippen molar-refractivity contribution in [3.05, 3.63) is 29.5 Å². The van der Waals surface area contributed by atoms with Gasteiger partial charge in [0.25, 0.3) is 0 Å². The summed E-state index contributed by atoms with van der Waals surface area (Å²) in [7, 11) is 1.59. The van der Waals surface area contributed by atoms with Crippen LogP contribution in [0.2, 0.25) is 0 Å². The number of benzene rings is 1. The van der Waals surface area contributed by atoms with E-state index in [1.54, 1.807) is 17.7 Å². The number of nitrogens with one attached hydrogen (secondary N) is 1. The highest BCUT2D eigenvalue weighted by atomic mass is 16.5. The second-order valence-electron chi connectivity index (χ2n) is 9.44. The maximum atomic E-state index is 13.7. The Bertz CT molecular complexity index is 1020. The predicted octanol–water partition coefficient (Wildman–Crippen LogP) is 4.74. The third kappa shape index (κ3) is 4.92. The van der Waals surface area contributed by atoms with E-state index in [-0.39, 0.29) is 30.4 Å². The largest absolute Gasteiger partial charge is 0.497 e.